The molecule has 1 aliphatic heterocycles. The molecule has 0 amide bonds. The standard InChI is InChI=1S/C15H21N3/c1-10-4-3-5-11(2)14(10)13-8-17-15(16)18(13)9-12-6-7-12/h3-5,12-13H,6-9H2,1-2H3,(H2,16,17). The second-order valence-electron chi connectivity index (χ2n) is 5.62. The van der Waals surface area contributed by atoms with E-state index in [0.717, 1.165) is 25.0 Å². The molecule has 0 bridgehead atoms. The van der Waals surface area contributed by atoms with E-state index in [-0.39, 0.29) is 0 Å². The molecule has 1 saturated carbocycles. The molecule has 3 heteroatoms. The maximum absolute atomic E-state index is 6.06. The Hall–Kier alpha value is -1.51. The van der Waals surface area contributed by atoms with Gasteiger partial charge in [-0.3, -0.25) is 4.99 Å². The smallest absolute Gasteiger partial charge is 0.191 e. The molecular weight excluding hydrogens is 222 g/mol. The quantitative estimate of drug-likeness (QED) is 0.885. The highest BCUT2D eigenvalue weighted by atomic mass is 15.3. The lowest BCUT2D eigenvalue weighted by molar-refractivity contribution is 0.332. The molecule has 96 valence electrons. The van der Waals surface area contributed by atoms with Crippen molar-refractivity contribution in [2.45, 2.75) is 32.7 Å². The third-order valence-electron chi connectivity index (χ3n) is 4.12. The minimum absolute atomic E-state index is 0.354. The number of hydrogen-bond donors (Lipinski definition) is 1. The van der Waals surface area contributed by atoms with Crippen molar-refractivity contribution in [1.82, 2.24) is 4.90 Å². The Morgan fingerprint density at radius 3 is 2.56 bits per heavy atom. The number of hydrogen-bond acceptors (Lipinski definition) is 3. The topological polar surface area (TPSA) is 41.6 Å². The Labute approximate surface area is 109 Å². The van der Waals surface area contributed by atoms with Crippen LogP contribution in [-0.4, -0.2) is 23.9 Å². The molecule has 0 radical (unpaired) electrons. The molecule has 0 saturated heterocycles. The zero-order valence-electron chi connectivity index (χ0n) is 11.2. The summed E-state index contributed by atoms with van der Waals surface area (Å²) in [4.78, 5) is 6.77. The van der Waals surface area contributed by atoms with E-state index in [1.165, 1.54) is 29.5 Å². The predicted octanol–water partition coefficient (Wildman–Crippen LogP) is 2.38. The van der Waals surface area contributed by atoms with Gasteiger partial charge in [0.1, 0.15) is 0 Å². The molecule has 1 fully saturated rings. The Morgan fingerprint density at radius 1 is 1.28 bits per heavy atom. The molecule has 3 nitrogen and oxygen atoms in total. The SMILES string of the molecule is Cc1cccc(C)c1C1CN=C(N)N1CC1CC1. The van der Waals surface area contributed by atoms with Gasteiger partial charge in [0.25, 0.3) is 0 Å². The molecular formula is C15H21N3. The van der Waals surface area contributed by atoms with Gasteiger partial charge in [0, 0.05) is 6.54 Å². The van der Waals surface area contributed by atoms with Gasteiger partial charge in [-0.05, 0) is 49.3 Å². The van der Waals surface area contributed by atoms with Crippen LogP contribution in [0, 0.1) is 19.8 Å². The van der Waals surface area contributed by atoms with Crippen LogP contribution in [-0.2, 0) is 0 Å². The zero-order valence-corrected chi connectivity index (χ0v) is 11.2. The normalized spacial score (nSPS) is 23.3. The first kappa shape index (κ1) is 11.6. The number of guanidine groups is 1. The number of benzene rings is 1. The van der Waals surface area contributed by atoms with E-state index in [1.807, 2.05) is 0 Å². The van der Waals surface area contributed by atoms with Gasteiger partial charge in [0.05, 0.1) is 12.6 Å². The van der Waals surface area contributed by atoms with E-state index in [2.05, 4.69) is 41.9 Å². The first-order valence-corrected chi connectivity index (χ1v) is 6.79. The Morgan fingerprint density at radius 2 is 1.94 bits per heavy atom. The second kappa shape index (κ2) is 4.30. The van der Waals surface area contributed by atoms with Crippen LogP contribution >= 0.6 is 0 Å². The van der Waals surface area contributed by atoms with Crippen molar-refractivity contribution < 1.29 is 0 Å². The number of aliphatic imine (C=N–C) groups is 1. The summed E-state index contributed by atoms with van der Waals surface area (Å²) in [5, 5.41) is 0. The summed E-state index contributed by atoms with van der Waals surface area (Å²) in [5.74, 6) is 1.57. The molecule has 2 aliphatic rings. The summed E-state index contributed by atoms with van der Waals surface area (Å²) in [6.45, 7) is 6.26. The fraction of sp³-hybridized carbons (Fsp3) is 0.533. The molecule has 2 N–H and O–H groups in total. The number of rotatable bonds is 3. The summed E-state index contributed by atoms with van der Waals surface area (Å²) in [5.41, 5.74) is 10.2. The predicted molar refractivity (Wildman–Crippen MR) is 74.6 cm³/mol. The van der Waals surface area contributed by atoms with Gasteiger partial charge in [0.2, 0.25) is 0 Å². The van der Waals surface area contributed by atoms with Crippen molar-refractivity contribution in [3.8, 4) is 0 Å². The molecule has 18 heavy (non-hydrogen) atoms. The van der Waals surface area contributed by atoms with Crippen LogP contribution in [0.1, 0.15) is 35.6 Å². The third kappa shape index (κ3) is 1.98. The molecule has 1 aromatic rings. The van der Waals surface area contributed by atoms with E-state index < -0.39 is 0 Å². The van der Waals surface area contributed by atoms with Crippen LogP contribution in [0.2, 0.25) is 0 Å². The Balaban J connectivity index is 1.90. The fourth-order valence-electron chi connectivity index (χ4n) is 2.93. The van der Waals surface area contributed by atoms with E-state index in [0.29, 0.717) is 6.04 Å². The van der Waals surface area contributed by atoms with Crippen LogP contribution < -0.4 is 5.73 Å². The molecule has 0 spiro atoms. The minimum Gasteiger partial charge on any atom is -0.370 e. The maximum atomic E-state index is 6.06. The molecule has 1 atom stereocenters. The average Bonchev–Trinajstić information content (AvgIpc) is 3.07. The molecule has 1 aromatic carbocycles. The maximum Gasteiger partial charge on any atom is 0.191 e. The van der Waals surface area contributed by atoms with Crippen molar-refractivity contribution in [1.29, 1.82) is 0 Å². The highest BCUT2D eigenvalue weighted by Gasteiger charge is 2.34. The molecule has 3 rings (SSSR count). The molecule has 1 heterocycles. The van der Waals surface area contributed by atoms with Crippen LogP contribution in [0.5, 0.6) is 0 Å². The second-order valence-corrected chi connectivity index (χ2v) is 5.62. The lowest BCUT2D eigenvalue weighted by atomic mass is 9.95. The van der Waals surface area contributed by atoms with E-state index >= 15 is 0 Å². The van der Waals surface area contributed by atoms with Gasteiger partial charge in [-0.25, -0.2) is 0 Å². The average molecular weight is 243 g/mol. The lowest BCUT2D eigenvalue weighted by Gasteiger charge is -2.28. The third-order valence-corrected chi connectivity index (χ3v) is 4.12. The fourth-order valence-corrected chi connectivity index (χ4v) is 2.93. The summed E-state index contributed by atoms with van der Waals surface area (Å²) in [6.07, 6.45) is 2.70. The molecule has 1 unspecified atom stereocenters. The van der Waals surface area contributed by atoms with Gasteiger partial charge in [-0.15, -0.1) is 0 Å². The van der Waals surface area contributed by atoms with Crippen LogP contribution in [0.3, 0.4) is 0 Å². The summed E-state index contributed by atoms with van der Waals surface area (Å²) < 4.78 is 0. The molecule has 1 aliphatic carbocycles. The van der Waals surface area contributed by atoms with Gasteiger partial charge >= 0.3 is 0 Å². The summed E-state index contributed by atoms with van der Waals surface area (Å²) in [6, 6.07) is 6.85. The monoisotopic (exact) mass is 243 g/mol. The van der Waals surface area contributed by atoms with Crippen LogP contribution in [0.4, 0.5) is 0 Å². The van der Waals surface area contributed by atoms with Crippen molar-refractivity contribution in [3.63, 3.8) is 0 Å². The summed E-state index contributed by atoms with van der Waals surface area (Å²) >= 11 is 0. The number of nitrogens with two attached hydrogens (primary N) is 1. The molecule has 0 aromatic heterocycles. The highest BCUT2D eigenvalue weighted by Crippen LogP contribution is 2.36. The first-order chi connectivity index (χ1) is 8.66. The van der Waals surface area contributed by atoms with E-state index in [1.54, 1.807) is 0 Å². The van der Waals surface area contributed by atoms with Crippen molar-refractivity contribution in [2.75, 3.05) is 13.1 Å². The van der Waals surface area contributed by atoms with Crippen LogP contribution in [0.15, 0.2) is 23.2 Å². The van der Waals surface area contributed by atoms with Gasteiger partial charge in [-0.1, -0.05) is 18.2 Å². The van der Waals surface area contributed by atoms with Crippen molar-refractivity contribution in [2.24, 2.45) is 16.6 Å². The summed E-state index contributed by atoms with van der Waals surface area (Å²) in [7, 11) is 0. The number of nitrogens with zero attached hydrogens (tertiary/aromatic N) is 2. The Bertz CT molecular complexity index is 468. The Kier molecular flexibility index (Phi) is 2.77. The number of aryl methyl sites for hydroxylation is 2. The zero-order chi connectivity index (χ0) is 12.7. The van der Waals surface area contributed by atoms with Crippen molar-refractivity contribution in [3.05, 3.63) is 34.9 Å². The highest BCUT2D eigenvalue weighted by molar-refractivity contribution is 5.80. The minimum atomic E-state index is 0.354. The van der Waals surface area contributed by atoms with Gasteiger partial charge in [-0.2, -0.15) is 0 Å². The van der Waals surface area contributed by atoms with Crippen LogP contribution in [0.25, 0.3) is 0 Å². The van der Waals surface area contributed by atoms with Gasteiger partial charge in [0.15, 0.2) is 5.96 Å². The largest absolute Gasteiger partial charge is 0.370 e. The van der Waals surface area contributed by atoms with Gasteiger partial charge < -0.3 is 10.6 Å². The van der Waals surface area contributed by atoms with Crippen molar-refractivity contribution >= 4 is 5.96 Å². The van der Waals surface area contributed by atoms with E-state index in [9.17, 15) is 0 Å². The lowest BCUT2D eigenvalue weighted by Crippen LogP contribution is -2.38. The first-order valence-electron chi connectivity index (χ1n) is 6.79. The van der Waals surface area contributed by atoms with E-state index in [4.69, 9.17) is 5.73 Å².